The molecule has 0 aliphatic rings. The first-order chi connectivity index (χ1) is 12.3. The second-order valence-electron chi connectivity index (χ2n) is 5.29. The van der Waals surface area contributed by atoms with E-state index >= 15 is 0 Å². The summed E-state index contributed by atoms with van der Waals surface area (Å²) in [5.74, 6) is 0.0798. The molecule has 0 atom stereocenters. The summed E-state index contributed by atoms with van der Waals surface area (Å²) >= 11 is 0. The molecule has 3 heterocycles. The smallest absolute Gasteiger partial charge is 0.200 e. The molecule has 0 radical (unpaired) electrons. The lowest BCUT2D eigenvalue weighted by molar-refractivity contribution is 0.631. The fraction of sp³-hybridized carbons (Fsp3) is 0. The molecule has 6 heteroatoms. The number of rotatable bonds is 3. The topological polar surface area (TPSA) is 64.5 Å². The lowest BCUT2D eigenvalue weighted by Crippen LogP contribution is -1.97. The highest BCUT2D eigenvalue weighted by molar-refractivity contribution is 5.70. The minimum absolute atomic E-state index is 0.339. The minimum Gasteiger partial charge on any atom is -0.256 e. The van der Waals surface area contributed by atoms with Crippen LogP contribution in [-0.4, -0.2) is 25.1 Å². The maximum Gasteiger partial charge on any atom is 0.200 e. The number of aromatic nitrogens is 5. The molecule has 0 spiro atoms. The Morgan fingerprint density at radius 3 is 2.24 bits per heavy atom. The molecule has 25 heavy (non-hydrogen) atoms. The van der Waals surface area contributed by atoms with Crippen LogP contribution < -0.4 is 0 Å². The van der Waals surface area contributed by atoms with Gasteiger partial charge in [-0.15, -0.1) is 5.10 Å². The van der Waals surface area contributed by atoms with Crippen LogP contribution in [0.1, 0.15) is 0 Å². The van der Waals surface area contributed by atoms with E-state index in [4.69, 9.17) is 0 Å². The number of hydrogen-bond donors (Lipinski definition) is 0. The van der Waals surface area contributed by atoms with Crippen LogP contribution in [0.4, 0.5) is 4.39 Å². The third kappa shape index (κ3) is 3.10. The molecule has 0 bridgehead atoms. The van der Waals surface area contributed by atoms with Crippen molar-refractivity contribution in [2.24, 2.45) is 0 Å². The summed E-state index contributed by atoms with van der Waals surface area (Å²) < 4.78 is 14.2. The number of hydrogen-bond acceptors (Lipinski definition) is 5. The molecule has 0 aliphatic carbocycles. The van der Waals surface area contributed by atoms with Crippen molar-refractivity contribution >= 4 is 0 Å². The van der Waals surface area contributed by atoms with Crippen LogP contribution in [0.2, 0.25) is 0 Å². The predicted molar refractivity (Wildman–Crippen MR) is 91.7 cm³/mol. The van der Waals surface area contributed by atoms with E-state index in [-0.39, 0.29) is 5.82 Å². The molecule has 5 nitrogen and oxygen atoms in total. The predicted octanol–water partition coefficient (Wildman–Crippen LogP) is 3.80. The van der Waals surface area contributed by atoms with Gasteiger partial charge in [0.05, 0.1) is 17.6 Å². The summed E-state index contributed by atoms with van der Waals surface area (Å²) in [4.78, 5) is 12.9. The van der Waals surface area contributed by atoms with Crippen LogP contribution in [0.15, 0.2) is 73.2 Å². The van der Waals surface area contributed by atoms with Crippen molar-refractivity contribution in [1.29, 1.82) is 0 Å². The van der Waals surface area contributed by atoms with E-state index in [0.29, 0.717) is 28.5 Å². The molecule has 0 fully saturated rings. The van der Waals surface area contributed by atoms with Crippen LogP contribution in [0.3, 0.4) is 0 Å². The fourth-order valence-corrected chi connectivity index (χ4v) is 2.45. The number of nitrogens with zero attached hydrogens (tertiary/aromatic N) is 5. The summed E-state index contributed by atoms with van der Waals surface area (Å²) in [6, 6.07) is 15.6. The lowest BCUT2D eigenvalue weighted by atomic mass is 10.0. The quantitative estimate of drug-likeness (QED) is 0.572. The zero-order valence-electron chi connectivity index (χ0n) is 13.0. The monoisotopic (exact) mass is 329 g/mol. The van der Waals surface area contributed by atoms with E-state index in [1.165, 1.54) is 6.07 Å². The van der Waals surface area contributed by atoms with E-state index in [1.807, 2.05) is 24.3 Å². The van der Waals surface area contributed by atoms with E-state index in [1.54, 1.807) is 42.9 Å². The summed E-state index contributed by atoms with van der Waals surface area (Å²) in [6.07, 6.45) is 4.84. The summed E-state index contributed by atoms with van der Waals surface area (Å²) in [6.45, 7) is 0. The second kappa shape index (κ2) is 6.52. The van der Waals surface area contributed by atoms with Gasteiger partial charge in [-0.1, -0.05) is 12.1 Å². The third-order valence-electron chi connectivity index (χ3n) is 3.66. The molecule has 0 amide bonds. The molecule has 4 rings (SSSR count). The zero-order chi connectivity index (χ0) is 17.1. The van der Waals surface area contributed by atoms with Gasteiger partial charge >= 0.3 is 0 Å². The van der Waals surface area contributed by atoms with Crippen LogP contribution in [-0.2, 0) is 0 Å². The SMILES string of the molecule is Fc1ccc(-c2cnnc(-c3ccccn3)n2)cc1-c1ccccn1. The van der Waals surface area contributed by atoms with Crippen molar-refractivity contribution < 1.29 is 4.39 Å². The van der Waals surface area contributed by atoms with Crippen molar-refractivity contribution in [3.8, 4) is 34.0 Å². The Bertz CT molecular complexity index is 1010. The standard InChI is InChI=1S/C19H12FN5/c20-15-8-7-13(11-14(15)16-5-1-3-9-21-16)18-12-23-25-19(24-18)17-6-2-4-10-22-17/h1-12H. The van der Waals surface area contributed by atoms with E-state index in [9.17, 15) is 4.39 Å². The van der Waals surface area contributed by atoms with Crippen molar-refractivity contribution in [3.05, 3.63) is 79.0 Å². The molecule has 0 unspecified atom stereocenters. The molecule has 120 valence electrons. The highest BCUT2D eigenvalue weighted by Crippen LogP contribution is 2.27. The highest BCUT2D eigenvalue weighted by Gasteiger charge is 2.11. The maximum absolute atomic E-state index is 14.2. The van der Waals surface area contributed by atoms with E-state index < -0.39 is 0 Å². The van der Waals surface area contributed by atoms with Crippen LogP contribution >= 0.6 is 0 Å². The van der Waals surface area contributed by atoms with Gasteiger partial charge in [-0.05, 0) is 42.5 Å². The first-order valence-electron chi connectivity index (χ1n) is 7.64. The molecular formula is C19H12FN5. The minimum atomic E-state index is -0.339. The zero-order valence-corrected chi connectivity index (χ0v) is 13.0. The summed E-state index contributed by atoms with van der Waals surface area (Å²) in [5, 5.41) is 8.02. The van der Waals surface area contributed by atoms with Gasteiger partial charge in [0.25, 0.3) is 0 Å². The van der Waals surface area contributed by atoms with Crippen LogP contribution in [0.25, 0.3) is 34.0 Å². The maximum atomic E-state index is 14.2. The molecule has 0 aliphatic heterocycles. The van der Waals surface area contributed by atoms with Crippen LogP contribution in [0.5, 0.6) is 0 Å². The second-order valence-corrected chi connectivity index (χ2v) is 5.29. The number of pyridine rings is 2. The molecular weight excluding hydrogens is 317 g/mol. The molecule has 0 N–H and O–H groups in total. The Balaban J connectivity index is 1.78. The average Bonchev–Trinajstić information content (AvgIpc) is 2.70. The highest BCUT2D eigenvalue weighted by atomic mass is 19.1. The number of halogens is 1. The Kier molecular flexibility index (Phi) is 3.92. The number of benzene rings is 1. The Morgan fingerprint density at radius 2 is 1.52 bits per heavy atom. The van der Waals surface area contributed by atoms with Gasteiger partial charge < -0.3 is 0 Å². The fourth-order valence-electron chi connectivity index (χ4n) is 2.45. The Labute approximate surface area is 143 Å². The van der Waals surface area contributed by atoms with Crippen LogP contribution in [0, 0.1) is 5.82 Å². The van der Waals surface area contributed by atoms with Crippen molar-refractivity contribution in [2.45, 2.75) is 0 Å². The normalized spacial score (nSPS) is 10.6. The third-order valence-corrected chi connectivity index (χ3v) is 3.66. The van der Waals surface area contributed by atoms with Gasteiger partial charge in [-0.25, -0.2) is 9.37 Å². The first kappa shape index (κ1) is 15.0. The summed E-state index contributed by atoms with van der Waals surface area (Å²) in [5.41, 5.74) is 2.93. The first-order valence-corrected chi connectivity index (χ1v) is 7.64. The van der Waals surface area contributed by atoms with Gasteiger partial charge in [-0.3, -0.25) is 9.97 Å². The van der Waals surface area contributed by atoms with Gasteiger partial charge in [0.15, 0.2) is 0 Å². The molecule has 0 saturated heterocycles. The lowest BCUT2D eigenvalue weighted by Gasteiger charge is -2.07. The van der Waals surface area contributed by atoms with E-state index in [0.717, 1.165) is 5.56 Å². The molecule has 4 aromatic rings. The van der Waals surface area contributed by atoms with Crippen molar-refractivity contribution in [1.82, 2.24) is 25.1 Å². The van der Waals surface area contributed by atoms with Gasteiger partial charge in [-0.2, -0.15) is 5.10 Å². The molecule has 3 aromatic heterocycles. The van der Waals surface area contributed by atoms with Gasteiger partial charge in [0, 0.05) is 23.5 Å². The molecule has 0 saturated carbocycles. The van der Waals surface area contributed by atoms with Crippen molar-refractivity contribution in [2.75, 3.05) is 0 Å². The van der Waals surface area contributed by atoms with Gasteiger partial charge in [0.1, 0.15) is 11.5 Å². The van der Waals surface area contributed by atoms with Gasteiger partial charge in [0.2, 0.25) is 5.82 Å². The summed E-state index contributed by atoms with van der Waals surface area (Å²) in [7, 11) is 0. The largest absolute Gasteiger partial charge is 0.256 e. The average molecular weight is 329 g/mol. The molecule has 1 aromatic carbocycles. The Hall–Kier alpha value is -3.54. The van der Waals surface area contributed by atoms with Crippen molar-refractivity contribution in [3.63, 3.8) is 0 Å². The Morgan fingerprint density at radius 1 is 0.760 bits per heavy atom. The van der Waals surface area contributed by atoms with E-state index in [2.05, 4.69) is 25.1 Å².